The molecule has 0 bridgehead atoms. The minimum Gasteiger partial charge on any atom is -0.496 e. The third-order valence-electron chi connectivity index (χ3n) is 5.06. The summed E-state index contributed by atoms with van der Waals surface area (Å²) in [5, 5.41) is 10.2. The van der Waals surface area contributed by atoms with Gasteiger partial charge in [0.1, 0.15) is 11.5 Å². The lowest BCUT2D eigenvalue weighted by molar-refractivity contribution is -0.118. The predicted octanol–water partition coefficient (Wildman–Crippen LogP) is 5.59. The Morgan fingerprint density at radius 2 is 1.86 bits per heavy atom. The van der Waals surface area contributed by atoms with Crippen molar-refractivity contribution >= 4 is 29.1 Å². The second-order valence-electron chi connectivity index (χ2n) is 6.99. The summed E-state index contributed by atoms with van der Waals surface area (Å²) in [6.07, 6.45) is 4.68. The number of halogens is 1. The highest BCUT2D eigenvalue weighted by Gasteiger charge is 2.26. The average molecular weight is 428 g/mol. The fraction of sp³-hybridized carbons (Fsp3) is 0.318. The van der Waals surface area contributed by atoms with E-state index in [0.717, 1.165) is 42.7 Å². The van der Waals surface area contributed by atoms with Gasteiger partial charge in [0.2, 0.25) is 0 Å². The second-order valence-corrected chi connectivity index (χ2v) is 8.60. The van der Waals surface area contributed by atoms with E-state index in [1.165, 1.54) is 11.8 Å². The number of Topliss-reactive ketones (excluding diaryl/α,β-unsaturated/α-hetero) is 1. The molecule has 1 saturated carbocycles. The zero-order valence-corrected chi connectivity index (χ0v) is 17.7. The first-order valence-electron chi connectivity index (χ1n) is 9.71. The van der Waals surface area contributed by atoms with Crippen LogP contribution in [0.3, 0.4) is 0 Å². The van der Waals surface area contributed by atoms with Crippen LogP contribution in [0.1, 0.15) is 32.1 Å². The zero-order valence-electron chi connectivity index (χ0n) is 16.2. The van der Waals surface area contributed by atoms with E-state index < -0.39 is 0 Å². The van der Waals surface area contributed by atoms with Gasteiger partial charge in [-0.1, -0.05) is 48.3 Å². The molecule has 0 amide bonds. The van der Waals surface area contributed by atoms with Crippen molar-refractivity contribution in [2.45, 2.75) is 42.5 Å². The quantitative estimate of drug-likeness (QED) is 0.497. The highest BCUT2D eigenvalue weighted by atomic mass is 35.5. The maximum atomic E-state index is 12.6. The molecule has 1 atom stereocenters. The third kappa shape index (κ3) is 4.33. The molecule has 29 heavy (non-hydrogen) atoms. The molecule has 1 heterocycles. The van der Waals surface area contributed by atoms with Gasteiger partial charge < -0.3 is 4.74 Å². The number of methoxy groups -OCH3 is 1. The Bertz CT molecular complexity index is 1000. The van der Waals surface area contributed by atoms with Gasteiger partial charge in [-0.2, -0.15) is 0 Å². The van der Waals surface area contributed by atoms with Gasteiger partial charge in [-0.05, 0) is 49.2 Å². The molecule has 150 valence electrons. The van der Waals surface area contributed by atoms with Crippen LogP contribution in [0.4, 0.5) is 0 Å². The monoisotopic (exact) mass is 427 g/mol. The molecule has 1 aromatic heterocycles. The van der Waals surface area contributed by atoms with Crippen molar-refractivity contribution in [1.82, 2.24) is 14.8 Å². The van der Waals surface area contributed by atoms with E-state index in [0.29, 0.717) is 28.2 Å². The first kappa shape index (κ1) is 20.0. The molecule has 0 N–H and O–H groups in total. The van der Waals surface area contributed by atoms with E-state index in [9.17, 15) is 4.79 Å². The minimum atomic E-state index is -0.0849. The molecule has 1 fully saturated rings. The summed E-state index contributed by atoms with van der Waals surface area (Å²) < 4.78 is 7.52. The first-order valence-corrected chi connectivity index (χ1v) is 11.0. The van der Waals surface area contributed by atoms with Crippen LogP contribution in [0.5, 0.6) is 5.75 Å². The van der Waals surface area contributed by atoms with E-state index in [4.69, 9.17) is 16.3 Å². The van der Waals surface area contributed by atoms with Crippen molar-refractivity contribution in [2.24, 2.45) is 0 Å². The van der Waals surface area contributed by atoms with Crippen molar-refractivity contribution in [3.8, 4) is 22.8 Å². The summed E-state index contributed by atoms with van der Waals surface area (Å²) in [6.45, 7) is 0. The Labute approximate surface area is 179 Å². The smallest absolute Gasteiger partial charge is 0.196 e. The van der Waals surface area contributed by atoms with Crippen LogP contribution in [0.15, 0.2) is 53.7 Å². The van der Waals surface area contributed by atoms with Crippen molar-refractivity contribution < 1.29 is 9.53 Å². The maximum Gasteiger partial charge on any atom is 0.196 e. The summed E-state index contributed by atoms with van der Waals surface area (Å²) in [4.78, 5) is 12.6. The SMILES string of the molecule is COc1ccccc1-c1nnc(S[C@@H]2CCCCCC2=O)n1-c1ccc(Cl)cc1. The normalized spacial score (nSPS) is 17.2. The van der Waals surface area contributed by atoms with Gasteiger partial charge in [0, 0.05) is 17.1 Å². The Morgan fingerprint density at radius 3 is 2.66 bits per heavy atom. The van der Waals surface area contributed by atoms with Crippen LogP contribution in [-0.2, 0) is 4.79 Å². The number of nitrogens with zero attached hydrogens (tertiary/aromatic N) is 3. The highest BCUT2D eigenvalue weighted by Crippen LogP contribution is 2.36. The lowest BCUT2D eigenvalue weighted by Crippen LogP contribution is -2.16. The molecule has 5 nitrogen and oxygen atoms in total. The van der Waals surface area contributed by atoms with Gasteiger partial charge in [-0.25, -0.2) is 0 Å². The molecule has 7 heteroatoms. The van der Waals surface area contributed by atoms with Crippen LogP contribution in [0.25, 0.3) is 17.1 Å². The molecule has 0 unspecified atom stereocenters. The number of aromatic nitrogens is 3. The third-order valence-corrected chi connectivity index (χ3v) is 6.57. The molecule has 0 saturated heterocycles. The van der Waals surface area contributed by atoms with Crippen LogP contribution < -0.4 is 4.74 Å². The number of carbonyl (C=O) groups is 1. The Hall–Kier alpha value is -2.31. The predicted molar refractivity (Wildman–Crippen MR) is 116 cm³/mol. The lowest BCUT2D eigenvalue weighted by atomic mass is 10.2. The number of thioether (sulfide) groups is 1. The molecule has 2 aromatic carbocycles. The number of ketones is 1. The number of hydrogen-bond acceptors (Lipinski definition) is 5. The van der Waals surface area contributed by atoms with Crippen molar-refractivity contribution in [2.75, 3.05) is 7.11 Å². The van der Waals surface area contributed by atoms with Gasteiger partial charge in [-0.15, -0.1) is 10.2 Å². The topological polar surface area (TPSA) is 57.0 Å². The number of carbonyl (C=O) groups excluding carboxylic acids is 1. The minimum absolute atomic E-state index is 0.0849. The molecule has 0 aliphatic heterocycles. The molecule has 0 radical (unpaired) electrons. The second kappa shape index (κ2) is 9.01. The first-order chi connectivity index (χ1) is 14.2. The standard InChI is InChI=1S/C22H22ClN3O2S/c1-28-19-9-6-5-7-17(19)21-24-25-22(26(21)16-13-11-15(23)12-14-16)29-20-10-4-2-3-8-18(20)27/h5-7,9,11-14,20H,2-4,8,10H2,1H3/t20-/m1/s1. The summed E-state index contributed by atoms with van der Waals surface area (Å²) in [5.74, 6) is 1.70. The number of ether oxygens (including phenoxy) is 1. The number of para-hydroxylation sites is 1. The molecule has 1 aliphatic carbocycles. The van der Waals surface area contributed by atoms with Gasteiger partial charge in [0.15, 0.2) is 11.0 Å². The molecule has 4 rings (SSSR count). The van der Waals surface area contributed by atoms with Crippen LogP contribution in [-0.4, -0.2) is 32.9 Å². The largest absolute Gasteiger partial charge is 0.496 e. The van der Waals surface area contributed by atoms with Crippen LogP contribution in [0.2, 0.25) is 5.02 Å². The van der Waals surface area contributed by atoms with Gasteiger partial charge in [-0.3, -0.25) is 9.36 Å². The Kier molecular flexibility index (Phi) is 6.21. The van der Waals surface area contributed by atoms with E-state index >= 15 is 0 Å². The number of benzene rings is 2. The zero-order chi connectivity index (χ0) is 20.2. The molecular formula is C22H22ClN3O2S. The van der Waals surface area contributed by atoms with Crippen molar-refractivity contribution in [3.63, 3.8) is 0 Å². The fourth-order valence-electron chi connectivity index (χ4n) is 3.55. The van der Waals surface area contributed by atoms with Crippen LogP contribution in [0, 0.1) is 0 Å². The average Bonchev–Trinajstić information content (AvgIpc) is 3.05. The maximum absolute atomic E-state index is 12.6. The molecule has 1 aliphatic rings. The molecular weight excluding hydrogens is 406 g/mol. The summed E-state index contributed by atoms with van der Waals surface area (Å²) in [6, 6.07) is 15.3. The molecule has 3 aromatic rings. The van der Waals surface area contributed by atoms with Crippen molar-refractivity contribution in [1.29, 1.82) is 0 Å². The van der Waals surface area contributed by atoms with Crippen LogP contribution >= 0.6 is 23.4 Å². The summed E-state index contributed by atoms with van der Waals surface area (Å²) in [5.41, 5.74) is 1.74. The van der Waals surface area contributed by atoms with Crippen molar-refractivity contribution in [3.05, 3.63) is 53.6 Å². The van der Waals surface area contributed by atoms with E-state index in [2.05, 4.69) is 10.2 Å². The fourth-order valence-corrected chi connectivity index (χ4v) is 4.85. The summed E-state index contributed by atoms with van der Waals surface area (Å²) in [7, 11) is 1.64. The lowest BCUT2D eigenvalue weighted by Gasteiger charge is -2.15. The number of rotatable bonds is 5. The Balaban J connectivity index is 1.80. The van der Waals surface area contributed by atoms with Gasteiger partial charge in [0.25, 0.3) is 0 Å². The van der Waals surface area contributed by atoms with Gasteiger partial charge in [0.05, 0.1) is 17.9 Å². The molecule has 0 spiro atoms. The highest BCUT2D eigenvalue weighted by molar-refractivity contribution is 8.00. The summed E-state index contributed by atoms with van der Waals surface area (Å²) >= 11 is 7.61. The Morgan fingerprint density at radius 1 is 1.07 bits per heavy atom. The number of hydrogen-bond donors (Lipinski definition) is 0. The van der Waals surface area contributed by atoms with E-state index in [1.54, 1.807) is 7.11 Å². The van der Waals surface area contributed by atoms with Gasteiger partial charge >= 0.3 is 0 Å². The van der Waals surface area contributed by atoms with E-state index in [1.807, 2.05) is 53.1 Å². The van der Waals surface area contributed by atoms with E-state index in [-0.39, 0.29) is 5.25 Å².